The number of hydrogen-bond acceptors (Lipinski definition) is 4. The smallest absolute Gasteiger partial charge is 0.187 e. The molecule has 0 aliphatic heterocycles. The number of thioether (sulfide) groups is 1. The van der Waals surface area contributed by atoms with Crippen LogP contribution in [0.5, 0.6) is 0 Å². The van der Waals surface area contributed by atoms with Gasteiger partial charge in [0, 0.05) is 0 Å². The third kappa shape index (κ3) is 2.34. The average molecular weight is 248 g/mol. The first-order valence-corrected chi connectivity index (χ1v) is 6.61. The van der Waals surface area contributed by atoms with Crippen LogP contribution in [0.2, 0.25) is 0 Å². The molecule has 0 amide bonds. The van der Waals surface area contributed by atoms with Gasteiger partial charge in [-0.2, -0.15) is 4.68 Å². The summed E-state index contributed by atoms with van der Waals surface area (Å²) in [4.78, 5) is 0. The number of hydrogen-bond donors (Lipinski definition) is 0. The van der Waals surface area contributed by atoms with Crippen LogP contribution in [0.15, 0.2) is 17.3 Å². The third-order valence-electron chi connectivity index (χ3n) is 2.56. The van der Waals surface area contributed by atoms with Crippen molar-refractivity contribution in [2.45, 2.75) is 32.9 Å². The molecule has 4 nitrogen and oxygen atoms in total. The van der Waals surface area contributed by atoms with Gasteiger partial charge >= 0.3 is 0 Å². The quantitative estimate of drug-likeness (QED) is 0.783. The zero-order chi connectivity index (χ0) is 12.4. The highest BCUT2D eigenvalue weighted by molar-refractivity contribution is 7.99. The van der Waals surface area contributed by atoms with Crippen molar-refractivity contribution < 1.29 is 0 Å². The molecule has 0 unspecified atom stereocenters. The van der Waals surface area contributed by atoms with E-state index in [1.54, 1.807) is 11.8 Å². The number of aryl methyl sites for hydroxylation is 3. The lowest BCUT2D eigenvalue weighted by atomic mass is 10.1. The predicted octanol–water partition coefficient (Wildman–Crippen LogP) is 2.70. The highest BCUT2D eigenvalue weighted by Gasteiger charge is 2.12. The monoisotopic (exact) mass is 248 g/mol. The molecule has 2 rings (SSSR count). The van der Waals surface area contributed by atoms with Gasteiger partial charge in [-0.15, -0.1) is 5.10 Å². The van der Waals surface area contributed by atoms with Gasteiger partial charge in [-0.1, -0.05) is 36.4 Å². The van der Waals surface area contributed by atoms with Crippen molar-refractivity contribution in [3.8, 4) is 5.69 Å². The molecule has 0 aliphatic carbocycles. The standard InChI is InChI=1S/C12H16N4S/c1-5-17-12-13-14-15-16(12)11-9(3)6-8(2)7-10(11)4/h6-7H,5H2,1-4H3. The van der Waals surface area contributed by atoms with Gasteiger partial charge in [-0.05, 0) is 48.1 Å². The Bertz CT molecular complexity index is 510. The van der Waals surface area contributed by atoms with Crippen molar-refractivity contribution in [1.29, 1.82) is 0 Å². The second-order valence-electron chi connectivity index (χ2n) is 4.05. The zero-order valence-electron chi connectivity index (χ0n) is 10.6. The maximum Gasteiger partial charge on any atom is 0.214 e. The van der Waals surface area contributed by atoms with Crippen molar-refractivity contribution in [3.05, 3.63) is 28.8 Å². The summed E-state index contributed by atoms with van der Waals surface area (Å²) in [5.41, 5.74) is 4.76. The first kappa shape index (κ1) is 12.1. The number of aromatic nitrogens is 4. The number of rotatable bonds is 3. The van der Waals surface area contributed by atoms with E-state index in [1.807, 2.05) is 4.68 Å². The van der Waals surface area contributed by atoms with Crippen LogP contribution in [-0.4, -0.2) is 26.0 Å². The minimum atomic E-state index is 0.850. The molecule has 0 saturated carbocycles. The molecule has 0 atom stereocenters. The van der Waals surface area contributed by atoms with Crippen LogP contribution in [0.1, 0.15) is 23.6 Å². The average Bonchev–Trinajstić information content (AvgIpc) is 2.65. The summed E-state index contributed by atoms with van der Waals surface area (Å²) in [6.45, 7) is 8.39. The number of nitrogens with zero attached hydrogens (tertiary/aromatic N) is 4. The lowest BCUT2D eigenvalue weighted by Crippen LogP contribution is -2.04. The maximum absolute atomic E-state index is 4.09. The Hall–Kier alpha value is -1.36. The van der Waals surface area contributed by atoms with E-state index in [1.165, 1.54) is 16.7 Å². The van der Waals surface area contributed by atoms with Crippen molar-refractivity contribution in [2.24, 2.45) is 0 Å². The molecule has 0 saturated heterocycles. The highest BCUT2D eigenvalue weighted by atomic mass is 32.2. The zero-order valence-corrected chi connectivity index (χ0v) is 11.4. The molecule has 17 heavy (non-hydrogen) atoms. The molecular weight excluding hydrogens is 232 g/mol. The summed E-state index contributed by atoms with van der Waals surface area (Å²) < 4.78 is 1.83. The molecule has 1 aromatic carbocycles. The van der Waals surface area contributed by atoms with Crippen LogP contribution in [0.25, 0.3) is 5.69 Å². The Morgan fingerprint density at radius 3 is 2.41 bits per heavy atom. The Morgan fingerprint density at radius 1 is 1.18 bits per heavy atom. The predicted molar refractivity (Wildman–Crippen MR) is 69.8 cm³/mol. The molecule has 2 aromatic rings. The summed E-state index contributed by atoms with van der Waals surface area (Å²) in [6, 6.07) is 4.31. The van der Waals surface area contributed by atoms with Crippen LogP contribution >= 0.6 is 11.8 Å². The maximum atomic E-state index is 4.09. The Morgan fingerprint density at radius 2 is 1.82 bits per heavy atom. The normalized spacial score (nSPS) is 10.8. The SMILES string of the molecule is CCSc1nnnn1-c1c(C)cc(C)cc1C. The Labute approximate surface area is 105 Å². The summed E-state index contributed by atoms with van der Waals surface area (Å²) in [5, 5.41) is 12.8. The molecule has 0 fully saturated rings. The summed E-state index contributed by atoms with van der Waals surface area (Å²) in [7, 11) is 0. The van der Waals surface area contributed by atoms with Gasteiger partial charge in [0.1, 0.15) is 0 Å². The summed E-state index contributed by atoms with van der Waals surface area (Å²) in [5.74, 6) is 0.963. The topological polar surface area (TPSA) is 43.6 Å². The fraction of sp³-hybridized carbons (Fsp3) is 0.417. The van der Waals surface area contributed by atoms with E-state index < -0.39 is 0 Å². The van der Waals surface area contributed by atoms with E-state index in [-0.39, 0.29) is 0 Å². The molecule has 90 valence electrons. The fourth-order valence-corrected chi connectivity index (χ4v) is 2.65. The van der Waals surface area contributed by atoms with Crippen LogP contribution in [0, 0.1) is 20.8 Å². The van der Waals surface area contributed by atoms with E-state index in [0.29, 0.717) is 0 Å². The molecule has 1 heterocycles. The lowest BCUT2D eigenvalue weighted by molar-refractivity contribution is 0.747. The largest absolute Gasteiger partial charge is 0.214 e. The second-order valence-corrected chi connectivity index (χ2v) is 5.28. The van der Waals surface area contributed by atoms with E-state index in [0.717, 1.165) is 16.6 Å². The fourth-order valence-electron chi connectivity index (χ4n) is 2.04. The first-order valence-electron chi connectivity index (χ1n) is 5.63. The molecule has 5 heteroatoms. The molecular formula is C12H16N4S. The molecule has 0 bridgehead atoms. The summed E-state index contributed by atoms with van der Waals surface area (Å²) in [6.07, 6.45) is 0. The second kappa shape index (κ2) is 4.87. The van der Waals surface area contributed by atoms with Crippen LogP contribution in [0.3, 0.4) is 0 Å². The number of tetrazole rings is 1. The van der Waals surface area contributed by atoms with Crippen molar-refractivity contribution in [3.63, 3.8) is 0 Å². The molecule has 0 radical (unpaired) electrons. The van der Waals surface area contributed by atoms with Crippen LogP contribution in [0.4, 0.5) is 0 Å². The number of benzene rings is 1. The van der Waals surface area contributed by atoms with Crippen molar-refractivity contribution in [1.82, 2.24) is 20.2 Å². The minimum Gasteiger partial charge on any atom is -0.187 e. The molecule has 0 aliphatic rings. The van der Waals surface area contributed by atoms with E-state index >= 15 is 0 Å². The van der Waals surface area contributed by atoms with Gasteiger partial charge in [-0.25, -0.2) is 0 Å². The van der Waals surface area contributed by atoms with Gasteiger partial charge < -0.3 is 0 Å². The van der Waals surface area contributed by atoms with Gasteiger partial charge in [0.25, 0.3) is 0 Å². The van der Waals surface area contributed by atoms with Gasteiger partial charge in [-0.3, -0.25) is 0 Å². The Balaban J connectivity index is 2.56. The minimum absolute atomic E-state index is 0.850. The third-order valence-corrected chi connectivity index (χ3v) is 3.36. The van der Waals surface area contributed by atoms with E-state index in [2.05, 4.69) is 55.4 Å². The summed E-state index contributed by atoms with van der Waals surface area (Å²) >= 11 is 1.65. The highest BCUT2D eigenvalue weighted by Crippen LogP contribution is 2.24. The van der Waals surface area contributed by atoms with Crippen molar-refractivity contribution in [2.75, 3.05) is 5.75 Å². The molecule has 0 spiro atoms. The van der Waals surface area contributed by atoms with Gasteiger partial charge in [0.2, 0.25) is 5.16 Å². The first-order chi connectivity index (χ1) is 8.13. The molecule has 1 aromatic heterocycles. The van der Waals surface area contributed by atoms with Crippen molar-refractivity contribution >= 4 is 11.8 Å². The lowest BCUT2D eigenvalue weighted by Gasteiger charge is -2.11. The van der Waals surface area contributed by atoms with Gasteiger partial charge in [0.15, 0.2) is 0 Å². The van der Waals surface area contributed by atoms with Crippen LogP contribution < -0.4 is 0 Å². The van der Waals surface area contributed by atoms with Gasteiger partial charge in [0.05, 0.1) is 5.69 Å². The van der Waals surface area contributed by atoms with E-state index in [4.69, 9.17) is 0 Å². The van der Waals surface area contributed by atoms with Crippen LogP contribution in [-0.2, 0) is 0 Å². The van der Waals surface area contributed by atoms with E-state index in [9.17, 15) is 0 Å². The Kier molecular flexibility index (Phi) is 3.47. The molecule has 0 N–H and O–H groups in total.